The molecule has 2 aliphatic rings. The molecule has 0 amide bonds. The Kier molecular flexibility index (Phi) is 0.618. The number of hydrogen-bond acceptors (Lipinski definition) is 1. The van der Waals surface area contributed by atoms with Crippen molar-refractivity contribution >= 4 is 0 Å². The van der Waals surface area contributed by atoms with Crippen molar-refractivity contribution in [1.29, 1.82) is 0 Å². The second-order valence-corrected chi connectivity index (χ2v) is 1.90. The molecule has 40 valence electrons. The van der Waals surface area contributed by atoms with Crippen LogP contribution in [-0.2, 0) is 4.74 Å². The average molecular weight is 106 g/mol. The van der Waals surface area contributed by atoms with Crippen molar-refractivity contribution in [3.05, 3.63) is 36.1 Å². The van der Waals surface area contributed by atoms with Crippen LogP contribution in [0.1, 0.15) is 0 Å². The lowest BCUT2D eigenvalue weighted by atomic mass is 10.3. The number of fused-ring (bicyclic) bond motifs is 2. The van der Waals surface area contributed by atoms with Gasteiger partial charge < -0.3 is 4.74 Å². The van der Waals surface area contributed by atoms with Crippen molar-refractivity contribution in [3.8, 4) is 0 Å². The molecule has 2 heterocycles. The van der Waals surface area contributed by atoms with Gasteiger partial charge in [-0.05, 0) is 24.3 Å². The minimum absolute atomic E-state index is 0.231. The van der Waals surface area contributed by atoms with E-state index in [1.165, 1.54) is 0 Å². The number of rotatable bonds is 0. The fourth-order valence-electron chi connectivity index (χ4n) is 0.884. The lowest BCUT2D eigenvalue weighted by Gasteiger charge is -2.07. The van der Waals surface area contributed by atoms with E-state index in [1.54, 1.807) is 0 Å². The van der Waals surface area contributed by atoms with Crippen LogP contribution in [0, 0.1) is 0 Å². The van der Waals surface area contributed by atoms with Crippen LogP contribution >= 0.6 is 0 Å². The van der Waals surface area contributed by atoms with Gasteiger partial charge in [0, 0.05) is 0 Å². The van der Waals surface area contributed by atoms with Gasteiger partial charge in [0.2, 0.25) is 0 Å². The van der Waals surface area contributed by atoms with Gasteiger partial charge in [-0.1, -0.05) is 6.08 Å². The van der Waals surface area contributed by atoms with E-state index in [-0.39, 0.29) is 6.10 Å². The molecule has 0 saturated heterocycles. The molecule has 0 fully saturated rings. The van der Waals surface area contributed by atoms with Crippen LogP contribution in [0.2, 0.25) is 0 Å². The van der Waals surface area contributed by atoms with Crippen molar-refractivity contribution in [2.45, 2.75) is 6.10 Å². The van der Waals surface area contributed by atoms with Crippen molar-refractivity contribution in [2.24, 2.45) is 0 Å². The van der Waals surface area contributed by atoms with E-state index in [1.807, 2.05) is 30.4 Å². The fraction of sp³-hybridized carbons (Fsp3) is 0.143. The zero-order valence-corrected chi connectivity index (χ0v) is 4.37. The third-order valence-electron chi connectivity index (χ3n) is 1.28. The fourth-order valence-corrected chi connectivity index (χ4v) is 0.884. The molecule has 0 aromatic heterocycles. The first-order valence-electron chi connectivity index (χ1n) is 2.68. The van der Waals surface area contributed by atoms with Gasteiger partial charge in [0.15, 0.2) is 0 Å². The highest BCUT2D eigenvalue weighted by molar-refractivity contribution is 5.31. The van der Waals surface area contributed by atoms with E-state index < -0.39 is 0 Å². The Morgan fingerprint density at radius 3 is 3.12 bits per heavy atom. The number of ether oxygens (including phenoxy) is 1. The highest BCUT2D eigenvalue weighted by Crippen LogP contribution is 2.19. The molecule has 1 nitrogen and oxygen atoms in total. The minimum Gasteiger partial charge on any atom is -0.482 e. The zero-order chi connectivity index (χ0) is 5.40. The van der Waals surface area contributed by atoms with E-state index in [4.69, 9.17) is 4.74 Å². The maximum absolute atomic E-state index is 5.26. The predicted octanol–water partition coefficient (Wildman–Crippen LogP) is 1.40. The van der Waals surface area contributed by atoms with Crippen LogP contribution in [0.25, 0.3) is 0 Å². The predicted molar refractivity (Wildman–Crippen MR) is 31.2 cm³/mol. The molecule has 0 aromatic carbocycles. The Balaban J connectivity index is 2.47. The summed E-state index contributed by atoms with van der Waals surface area (Å²) in [5.74, 6) is 0.984. The van der Waals surface area contributed by atoms with Crippen LogP contribution in [0.4, 0.5) is 0 Å². The van der Waals surface area contributed by atoms with Crippen molar-refractivity contribution in [1.82, 2.24) is 0 Å². The van der Waals surface area contributed by atoms with E-state index in [0.29, 0.717) is 0 Å². The third-order valence-corrected chi connectivity index (χ3v) is 1.28. The molecular formula is C7H6O. The second kappa shape index (κ2) is 1.25. The molecule has 2 aliphatic heterocycles. The summed E-state index contributed by atoms with van der Waals surface area (Å²) in [7, 11) is 0. The first-order chi connectivity index (χ1) is 3.95. The first-order valence-corrected chi connectivity index (χ1v) is 2.68. The number of hydrogen-bond donors (Lipinski definition) is 0. The van der Waals surface area contributed by atoms with Gasteiger partial charge in [-0.15, -0.1) is 0 Å². The Morgan fingerprint density at radius 2 is 2.38 bits per heavy atom. The molecule has 8 heavy (non-hydrogen) atoms. The monoisotopic (exact) mass is 106 g/mol. The van der Waals surface area contributed by atoms with Gasteiger partial charge in [0.05, 0.1) is 0 Å². The first kappa shape index (κ1) is 3.96. The molecule has 0 radical (unpaired) electrons. The molecule has 2 rings (SSSR count). The summed E-state index contributed by atoms with van der Waals surface area (Å²) >= 11 is 0. The van der Waals surface area contributed by atoms with Gasteiger partial charge in [-0.3, -0.25) is 0 Å². The SMILES string of the molecule is C1=CC2C=CC(=C1)O2. The molecule has 0 N–H and O–H groups in total. The summed E-state index contributed by atoms with van der Waals surface area (Å²) in [6.07, 6.45) is 10.3. The largest absolute Gasteiger partial charge is 0.482 e. The topological polar surface area (TPSA) is 9.23 Å². The quantitative estimate of drug-likeness (QED) is 0.453. The van der Waals surface area contributed by atoms with E-state index in [9.17, 15) is 0 Å². The summed E-state index contributed by atoms with van der Waals surface area (Å²) in [6.45, 7) is 0. The summed E-state index contributed by atoms with van der Waals surface area (Å²) in [6, 6.07) is 0. The van der Waals surface area contributed by atoms with E-state index in [0.717, 1.165) is 5.76 Å². The maximum atomic E-state index is 5.26. The summed E-state index contributed by atoms with van der Waals surface area (Å²) in [5, 5.41) is 0. The molecule has 0 aromatic rings. The highest BCUT2D eigenvalue weighted by Gasteiger charge is 2.11. The van der Waals surface area contributed by atoms with Crippen LogP contribution in [0.15, 0.2) is 36.1 Å². The summed E-state index contributed by atoms with van der Waals surface area (Å²) < 4.78 is 5.26. The van der Waals surface area contributed by atoms with Gasteiger partial charge >= 0.3 is 0 Å². The maximum Gasteiger partial charge on any atom is 0.136 e. The van der Waals surface area contributed by atoms with Gasteiger partial charge in [0.1, 0.15) is 11.9 Å². The van der Waals surface area contributed by atoms with Crippen molar-refractivity contribution < 1.29 is 4.74 Å². The van der Waals surface area contributed by atoms with Crippen molar-refractivity contribution in [2.75, 3.05) is 0 Å². The Bertz CT molecular complexity index is 185. The molecule has 0 saturated carbocycles. The molecule has 2 bridgehead atoms. The van der Waals surface area contributed by atoms with Crippen LogP contribution in [0.5, 0.6) is 0 Å². The van der Waals surface area contributed by atoms with Crippen molar-refractivity contribution in [3.63, 3.8) is 0 Å². The van der Waals surface area contributed by atoms with E-state index >= 15 is 0 Å². The average Bonchev–Trinajstić information content (AvgIpc) is 2.12. The molecule has 1 atom stereocenters. The van der Waals surface area contributed by atoms with Crippen LogP contribution < -0.4 is 0 Å². The highest BCUT2D eigenvalue weighted by atomic mass is 16.5. The molecule has 1 heteroatoms. The van der Waals surface area contributed by atoms with Gasteiger partial charge in [0.25, 0.3) is 0 Å². The van der Waals surface area contributed by atoms with Crippen LogP contribution in [-0.4, -0.2) is 6.10 Å². The zero-order valence-electron chi connectivity index (χ0n) is 4.37. The Hall–Kier alpha value is -0.980. The Labute approximate surface area is 48.0 Å². The lowest BCUT2D eigenvalue weighted by molar-refractivity contribution is 0.217. The lowest BCUT2D eigenvalue weighted by Crippen LogP contribution is -2.00. The molecule has 0 spiro atoms. The smallest absolute Gasteiger partial charge is 0.136 e. The van der Waals surface area contributed by atoms with E-state index in [2.05, 4.69) is 0 Å². The number of allylic oxidation sites excluding steroid dienone is 3. The Morgan fingerprint density at radius 1 is 1.38 bits per heavy atom. The third kappa shape index (κ3) is 0.413. The minimum atomic E-state index is 0.231. The molecular weight excluding hydrogens is 100 g/mol. The summed E-state index contributed by atoms with van der Waals surface area (Å²) in [5.41, 5.74) is 0. The van der Waals surface area contributed by atoms with Gasteiger partial charge in [-0.25, -0.2) is 0 Å². The molecule has 0 aliphatic carbocycles. The second-order valence-electron chi connectivity index (χ2n) is 1.90. The normalized spacial score (nSPS) is 30.0. The standard InChI is InChI=1S/C7H6O/c1-2-6-4-5-7(3-1)8-6/h1-6H. The van der Waals surface area contributed by atoms with Crippen LogP contribution in [0.3, 0.4) is 0 Å². The van der Waals surface area contributed by atoms with Gasteiger partial charge in [-0.2, -0.15) is 0 Å². The molecule has 1 unspecified atom stereocenters. The summed E-state index contributed by atoms with van der Waals surface area (Å²) in [4.78, 5) is 0.